The lowest BCUT2D eigenvalue weighted by Crippen LogP contribution is -2.41. The van der Waals surface area contributed by atoms with Gasteiger partial charge in [0.2, 0.25) is 11.8 Å². The number of benzene rings is 2. The van der Waals surface area contributed by atoms with E-state index in [0.29, 0.717) is 27.3 Å². The van der Waals surface area contributed by atoms with Crippen molar-refractivity contribution in [1.82, 2.24) is 5.32 Å². The molecule has 146 valence electrons. The molecule has 28 heavy (non-hydrogen) atoms. The second kappa shape index (κ2) is 8.67. The second-order valence-corrected chi connectivity index (χ2v) is 8.09. The number of ether oxygens (including phenoxy) is 1. The van der Waals surface area contributed by atoms with E-state index in [-0.39, 0.29) is 18.2 Å². The summed E-state index contributed by atoms with van der Waals surface area (Å²) in [5.74, 6) is 0.0169. The van der Waals surface area contributed by atoms with Gasteiger partial charge in [-0.2, -0.15) is 0 Å². The van der Waals surface area contributed by atoms with Crippen LogP contribution >= 0.6 is 23.4 Å². The summed E-state index contributed by atoms with van der Waals surface area (Å²) in [7, 11) is 1.53. The van der Waals surface area contributed by atoms with Crippen LogP contribution in [0.5, 0.6) is 5.75 Å². The number of nitrogens with zero attached hydrogens (tertiary/aromatic N) is 1. The molecule has 0 unspecified atom stereocenters. The molecule has 1 aliphatic heterocycles. The molecule has 1 heterocycles. The number of aryl methyl sites for hydroxylation is 2. The highest BCUT2D eigenvalue weighted by molar-refractivity contribution is 8.15. The van der Waals surface area contributed by atoms with E-state index in [4.69, 9.17) is 16.3 Å². The average Bonchev–Trinajstić information content (AvgIpc) is 2.60. The average molecular weight is 418 g/mol. The Hall–Kier alpha value is -2.51. The van der Waals surface area contributed by atoms with Gasteiger partial charge < -0.3 is 15.4 Å². The molecule has 2 N–H and O–H groups in total. The number of carbonyl (C=O) groups excluding carboxylic acids is 2. The summed E-state index contributed by atoms with van der Waals surface area (Å²) in [6.45, 7) is 3.93. The van der Waals surface area contributed by atoms with E-state index in [0.717, 1.165) is 11.1 Å². The number of carbonyl (C=O) groups is 2. The Bertz CT molecular complexity index is 941. The first kappa shape index (κ1) is 20.2. The Morgan fingerprint density at radius 3 is 2.64 bits per heavy atom. The van der Waals surface area contributed by atoms with E-state index in [1.807, 2.05) is 32.0 Å². The first-order chi connectivity index (χ1) is 13.3. The minimum absolute atomic E-state index is 0.0764. The van der Waals surface area contributed by atoms with Crippen LogP contribution in [0.25, 0.3) is 0 Å². The Morgan fingerprint density at radius 2 is 1.96 bits per heavy atom. The minimum Gasteiger partial charge on any atom is -0.494 e. The summed E-state index contributed by atoms with van der Waals surface area (Å²) >= 11 is 7.23. The molecule has 8 heteroatoms. The lowest BCUT2D eigenvalue weighted by Gasteiger charge is -2.22. The van der Waals surface area contributed by atoms with Gasteiger partial charge in [0.1, 0.15) is 16.7 Å². The number of anilines is 1. The van der Waals surface area contributed by atoms with E-state index in [1.54, 1.807) is 18.2 Å². The summed E-state index contributed by atoms with van der Waals surface area (Å²) in [4.78, 5) is 29.2. The van der Waals surface area contributed by atoms with Crippen molar-refractivity contribution in [3.05, 3.63) is 52.5 Å². The molecule has 1 saturated heterocycles. The van der Waals surface area contributed by atoms with Gasteiger partial charge in [0.05, 0.1) is 7.11 Å². The predicted octanol–water partition coefficient (Wildman–Crippen LogP) is 4.21. The van der Waals surface area contributed by atoms with Gasteiger partial charge >= 0.3 is 0 Å². The fourth-order valence-electron chi connectivity index (χ4n) is 2.87. The molecule has 0 aromatic heterocycles. The predicted molar refractivity (Wildman–Crippen MR) is 114 cm³/mol. The Morgan fingerprint density at radius 1 is 1.25 bits per heavy atom. The fourth-order valence-corrected chi connectivity index (χ4v) is 4.03. The zero-order valence-corrected chi connectivity index (χ0v) is 17.3. The highest BCUT2D eigenvalue weighted by atomic mass is 35.5. The molecular weight excluding hydrogens is 398 g/mol. The lowest BCUT2D eigenvalue weighted by molar-refractivity contribution is -0.123. The van der Waals surface area contributed by atoms with E-state index in [1.165, 1.54) is 18.9 Å². The van der Waals surface area contributed by atoms with Crippen LogP contribution in [0, 0.1) is 13.8 Å². The third kappa shape index (κ3) is 5.05. The molecule has 0 radical (unpaired) electrons. The van der Waals surface area contributed by atoms with Gasteiger partial charge in [-0.1, -0.05) is 29.4 Å². The molecule has 2 aromatic rings. The van der Waals surface area contributed by atoms with E-state index in [2.05, 4.69) is 15.6 Å². The van der Waals surface area contributed by atoms with Crippen LogP contribution in [0.1, 0.15) is 17.5 Å². The summed E-state index contributed by atoms with van der Waals surface area (Å²) in [5.41, 5.74) is 3.30. The van der Waals surface area contributed by atoms with Crippen molar-refractivity contribution >= 4 is 51.7 Å². The van der Waals surface area contributed by atoms with Crippen molar-refractivity contribution in [1.29, 1.82) is 0 Å². The largest absolute Gasteiger partial charge is 0.494 e. The number of hydrogen-bond donors (Lipinski definition) is 2. The van der Waals surface area contributed by atoms with Gasteiger partial charge in [0.25, 0.3) is 0 Å². The quantitative estimate of drug-likeness (QED) is 0.780. The van der Waals surface area contributed by atoms with Gasteiger partial charge in [0, 0.05) is 17.1 Å². The van der Waals surface area contributed by atoms with E-state index in [9.17, 15) is 9.59 Å². The summed E-state index contributed by atoms with van der Waals surface area (Å²) in [6, 6.07) is 10.8. The standard InChI is InChI=1S/C20H20ClN3O3S/c1-11-6-12(2)8-14(7-11)22-19(26)17-10-18(25)24-20(28-17)23-15-9-13(21)4-5-16(15)27-3/h4-9,17H,10H2,1-3H3,(H,22,26)(H,23,24,25)/t17-/m0/s1. The number of amidine groups is 1. The first-order valence-electron chi connectivity index (χ1n) is 8.62. The van der Waals surface area contributed by atoms with Gasteiger partial charge in [-0.3, -0.25) is 9.59 Å². The lowest BCUT2D eigenvalue weighted by atomic mass is 10.1. The molecule has 3 rings (SSSR count). The normalized spacial score (nSPS) is 17.9. The number of amides is 2. The monoisotopic (exact) mass is 417 g/mol. The van der Waals surface area contributed by atoms with Crippen molar-refractivity contribution in [3.8, 4) is 5.75 Å². The number of halogens is 1. The maximum atomic E-state index is 12.7. The highest BCUT2D eigenvalue weighted by Gasteiger charge is 2.30. The third-order valence-electron chi connectivity index (χ3n) is 4.02. The van der Waals surface area contributed by atoms with E-state index < -0.39 is 5.25 Å². The zero-order chi connectivity index (χ0) is 20.3. The van der Waals surface area contributed by atoms with Crippen LogP contribution in [-0.4, -0.2) is 29.3 Å². The Labute approximate surface area is 172 Å². The zero-order valence-electron chi connectivity index (χ0n) is 15.7. The fraction of sp³-hybridized carbons (Fsp3) is 0.250. The van der Waals surface area contributed by atoms with Crippen LogP contribution in [0.3, 0.4) is 0 Å². The summed E-state index contributed by atoms with van der Waals surface area (Å²) < 4.78 is 5.28. The molecular formula is C20H20ClN3O3S. The van der Waals surface area contributed by atoms with Gasteiger partial charge in [-0.15, -0.1) is 0 Å². The van der Waals surface area contributed by atoms with Crippen molar-refractivity contribution in [2.45, 2.75) is 25.5 Å². The van der Waals surface area contributed by atoms with Crippen LogP contribution in [0.4, 0.5) is 11.4 Å². The molecule has 2 aromatic carbocycles. The van der Waals surface area contributed by atoms with Crippen LogP contribution in [-0.2, 0) is 9.59 Å². The minimum atomic E-state index is -0.585. The number of hydrogen-bond acceptors (Lipinski definition) is 5. The third-order valence-corrected chi connectivity index (χ3v) is 5.33. The number of aliphatic imine (C=N–C) groups is 1. The molecule has 1 aliphatic rings. The number of thioether (sulfide) groups is 1. The van der Waals surface area contributed by atoms with Crippen molar-refractivity contribution < 1.29 is 14.3 Å². The van der Waals surface area contributed by atoms with Crippen molar-refractivity contribution in [2.24, 2.45) is 4.99 Å². The summed E-state index contributed by atoms with van der Waals surface area (Å²) in [6.07, 6.45) is 0.0764. The second-order valence-electron chi connectivity index (χ2n) is 6.46. The first-order valence-corrected chi connectivity index (χ1v) is 9.87. The van der Waals surface area contributed by atoms with Crippen LogP contribution in [0.2, 0.25) is 5.02 Å². The Kier molecular flexibility index (Phi) is 6.26. The van der Waals surface area contributed by atoms with Gasteiger partial charge in [0.15, 0.2) is 5.17 Å². The van der Waals surface area contributed by atoms with Gasteiger partial charge in [-0.05, 0) is 55.3 Å². The van der Waals surface area contributed by atoms with Crippen LogP contribution in [0.15, 0.2) is 41.4 Å². The molecule has 2 amide bonds. The van der Waals surface area contributed by atoms with Gasteiger partial charge in [-0.25, -0.2) is 4.99 Å². The molecule has 0 bridgehead atoms. The molecule has 6 nitrogen and oxygen atoms in total. The number of rotatable bonds is 4. The van der Waals surface area contributed by atoms with Crippen molar-refractivity contribution in [3.63, 3.8) is 0 Å². The van der Waals surface area contributed by atoms with Crippen LogP contribution < -0.4 is 15.4 Å². The SMILES string of the molecule is COc1ccc(Cl)cc1N=C1NC(=O)C[C@@H](C(=O)Nc2cc(C)cc(C)c2)S1. The molecule has 0 aliphatic carbocycles. The number of methoxy groups -OCH3 is 1. The smallest absolute Gasteiger partial charge is 0.238 e. The summed E-state index contributed by atoms with van der Waals surface area (Å²) in [5, 5.41) is 5.83. The number of nitrogens with one attached hydrogen (secondary N) is 2. The molecule has 0 saturated carbocycles. The maximum absolute atomic E-state index is 12.7. The molecule has 0 spiro atoms. The van der Waals surface area contributed by atoms with E-state index >= 15 is 0 Å². The molecule has 1 atom stereocenters. The van der Waals surface area contributed by atoms with Crippen molar-refractivity contribution in [2.75, 3.05) is 12.4 Å². The topological polar surface area (TPSA) is 79.8 Å². The maximum Gasteiger partial charge on any atom is 0.238 e. The Balaban J connectivity index is 1.79. The highest BCUT2D eigenvalue weighted by Crippen LogP contribution is 2.33. The molecule has 1 fully saturated rings.